The van der Waals surface area contributed by atoms with Gasteiger partial charge < -0.3 is 19.3 Å². The van der Waals surface area contributed by atoms with Gasteiger partial charge in [-0.15, -0.1) is 0 Å². The molecule has 0 amide bonds. The van der Waals surface area contributed by atoms with E-state index < -0.39 is 5.97 Å². The third-order valence-electron chi connectivity index (χ3n) is 2.43. The number of benzene rings is 1. The molecule has 0 bridgehead atoms. The summed E-state index contributed by atoms with van der Waals surface area (Å²) in [7, 11) is 1.67. The maximum absolute atomic E-state index is 10.4. The topological polar surface area (TPSA) is 65.0 Å². The first-order valence-electron chi connectivity index (χ1n) is 6.43. The number of rotatable bonds is 10. The van der Waals surface area contributed by atoms with E-state index in [0.717, 1.165) is 23.8 Å². The lowest BCUT2D eigenvalue weighted by molar-refractivity contribution is -0.131. The minimum Gasteiger partial charge on any atom is -0.491 e. The molecule has 0 spiro atoms. The second-order valence-electron chi connectivity index (χ2n) is 4.05. The molecule has 110 valence electrons. The van der Waals surface area contributed by atoms with E-state index in [0.29, 0.717) is 26.4 Å². The smallest absolute Gasteiger partial charge is 0.328 e. The van der Waals surface area contributed by atoms with Crippen LogP contribution in [0.2, 0.25) is 0 Å². The molecular weight excluding hydrogens is 260 g/mol. The van der Waals surface area contributed by atoms with E-state index in [4.69, 9.17) is 19.3 Å². The summed E-state index contributed by atoms with van der Waals surface area (Å²) in [5, 5.41) is 8.52. The minimum absolute atomic E-state index is 0.483. The van der Waals surface area contributed by atoms with E-state index in [9.17, 15) is 4.79 Å². The van der Waals surface area contributed by atoms with Crippen molar-refractivity contribution in [2.75, 3.05) is 33.5 Å². The molecule has 0 unspecified atom stereocenters. The highest BCUT2D eigenvalue weighted by Crippen LogP contribution is 2.13. The van der Waals surface area contributed by atoms with Crippen LogP contribution >= 0.6 is 0 Å². The van der Waals surface area contributed by atoms with E-state index in [2.05, 4.69) is 0 Å². The SMILES string of the molecule is COCCCOCCOc1ccc(C=CC(=O)O)cc1. The second-order valence-corrected chi connectivity index (χ2v) is 4.05. The Bertz CT molecular complexity index is 411. The first kappa shape index (κ1) is 16.2. The number of carbonyl (C=O) groups is 1. The van der Waals surface area contributed by atoms with Crippen LogP contribution in [0.15, 0.2) is 30.3 Å². The van der Waals surface area contributed by atoms with Crippen molar-refractivity contribution in [3.8, 4) is 5.75 Å². The van der Waals surface area contributed by atoms with E-state index in [1.165, 1.54) is 6.08 Å². The Morgan fingerprint density at radius 3 is 2.55 bits per heavy atom. The average molecular weight is 280 g/mol. The zero-order chi connectivity index (χ0) is 14.6. The lowest BCUT2D eigenvalue weighted by atomic mass is 10.2. The van der Waals surface area contributed by atoms with Crippen LogP contribution in [0.25, 0.3) is 6.08 Å². The molecule has 0 radical (unpaired) electrons. The van der Waals surface area contributed by atoms with Crippen LogP contribution in [-0.4, -0.2) is 44.6 Å². The van der Waals surface area contributed by atoms with Crippen molar-refractivity contribution in [2.45, 2.75) is 6.42 Å². The standard InChI is InChI=1S/C15H20O5/c1-18-9-2-10-19-11-12-20-14-6-3-13(4-7-14)5-8-15(16)17/h3-8H,2,9-12H2,1H3,(H,16,17). The van der Waals surface area contributed by atoms with E-state index in [1.807, 2.05) is 0 Å². The van der Waals surface area contributed by atoms with Crippen LogP contribution in [-0.2, 0) is 14.3 Å². The summed E-state index contributed by atoms with van der Waals surface area (Å²) in [6.07, 6.45) is 3.51. The summed E-state index contributed by atoms with van der Waals surface area (Å²) in [5.41, 5.74) is 0.815. The summed E-state index contributed by atoms with van der Waals surface area (Å²) in [4.78, 5) is 10.4. The monoisotopic (exact) mass is 280 g/mol. The van der Waals surface area contributed by atoms with Crippen LogP contribution in [0.4, 0.5) is 0 Å². The van der Waals surface area contributed by atoms with Gasteiger partial charge in [0, 0.05) is 26.4 Å². The highest BCUT2D eigenvalue weighted by Gasteiger charge is 1.95. The highest BCUT2D eigenvalue weighted by molar-refractivity contribution is 5.85. The first-order chi connectivity index (χ1) is 9.72. The number of carboxylic acid groups (broad SMARTS) is 1. The van der Waals surface area contributed by atoms with E-state index in [-0.39, 0.29) is 0 Å². The number of methoxy groups -OCH3 is 1. The summed E-state index contributed by atoms with van der Waals surface area (Å²) < 4.78 is 15.8. The summed E-state index contributed by atoms with van der Waals surface area (Å²) >= 11 is 0. The fourth-order valence-electron chi connectivity index (χ4n) is 1.47. The quantitative estimate of drug-likeness (QED) is 0.526. The van der Waals surface area contributed by atoms with Crippen molar-refractivity contribution in [3.05, 3.63) is 35.9 Å². The Morgan fingerprint density at radius 1 is 1.15 bits per heavy atom. The van der Waals surface area contributed by atoms with E-state index >= 15 is 0 Å². The van der Waals surface area contributed by atoms with Gasteiger partial charge in [0.15, 0.2) is 0 Å². The van der Waals surface area contributed by atoms with E-state index in [1.54, 1.807) is 31.4 Å². The van der Waals surface area contributed by atoms with Crippen LogP contribution in [0.5, 0.6) is 5.75 Å². The zero-order valence-corrected chi connectivity index (χ0v) is 11.6. The number of hydrogen-bond acceptors (Lipinski definition) is 4. The normalized spacial score (nSPS) is 10.8. The first-order valence-corrected chi connectivity index (χ1v) is 6.43. The zero-order valence-electron chi connectivity index (χ0n) is 11.6. The van der Waals surface area contributed by atoms with Gasteiger partial charge in [-0.05, 0) is 30.2 Å². The number of carboxylic acids is 1. The molecule has 0 aliphatic heterocycles. The fourth-order valence-corrected chi connectivity index (χ4v) is 1.47. The van der Waals surface area contributed by atoms with Gasteiger partial charge in [-0.3, -0.25) is 0 Å². The van der Waals surface area contributed by atoms with Gasteiger partial charge in [-0.25, -0.2) is 4.79 Å². The van der Waals surface area contributed by atoms with Gasteiger partial charge in [-0.1, -0.05) is 12.1 Å². The Labute approximate surface area is 118 Å². The fraction of sp³-hybridized carbons (Fsp3) is 0.400. The summed E-state index contributed by atoms with van der Waals surface area (Å²) in [6, 6.07) is 7.20. The van der Waals surface area contributed by atoms with Gasteiger partial charge in [0.05, 0.1) is 6.61 Å². The highest BCUT2D eigenvalue weighted by atomic mass is 16.5. The molecule has 0 aliphatic carbocycles. The van der Waals surface area contributed by atoms with Crippen LogP contribution < -0.4 is 4.74 Å². The van der Waals surface area contributed by atoms with Crippen molar-refractivity contribution in [1.29, 1.82) is 0 Å². The molecule has 1 aromatic carbocycles. The second kappa shape index (κ2) is 10.00. The Hall–Kier alpha value is -1.85. The van der Waals surface area contributed by atoms with Gasteiger partial charge in [0.2, 0.25) is 0 Å². The Morgan fingerprint density at radius 2 is 1.90 bits per heavy atom. The average Bonchev–Trinajstić information content (AvgIpc) is 2.45. The molecule has 0 heterocycles. The lowest BCUT2D eigenvalue weighted by Gasteiger charge is -2.07. The molecule has 0 saturated carbocycles. The number of ether oxygens (including phenoxy) is 3. The molecule has 5 nitrogen and oxygen atoms in total. The number of hydrogen-bond donors (Lipinski definition) is 1. The maximum atomic E-state index is 10.4. The molecular formula is C15H20O5. The molecule has 0 atom stereocenters. The van der Waals surface area contributed by atoms with Crippen molar-refractivity contribution >= 4 is 12.0 Å². The molecule has 0 fully saturated rings. The van der Waals surface area contributed by atoms with Gasteiger partial charge in [0.1, 0.15) is 12.4 Å². The van der Waals surface area contributed by atoms with Gasteiger partial charge in [0.25, 0.3) is 0 Å². The predicted molar refractivity (Wildman–Crippen MR) is 75.9 cm³/mol. The van der Waals surface area contributed by atoms with Gasteiger partial charge >= 0.3 is 5.97 Å². The largest absolute Gasteiger partial charge is 0.491 e. The molecule has 1 N–H and O–H groups in total. The van der Waals surface area contributed by atoms with Crippen molar-refractivity contribution < 1.29 is 24.1 Å². The number of aliphatic carboxylic acids is 1. The summed E-state index contributed by atoms with van der Waals surface area (Å²) in [6.45, 7) is 2.38. The molecule has 1 rings (SSSR count). The third-order valence-corrected chi connectivity index (χ3v) is 2.43. The van der Waals surface area contributed by atoms with Crippen molar-refractivity contribution in [1.82, 2.24) is 0 Å². The molecule has 0 saturated heterocycles. The lowest BCUT2D eigenvalue weighted by Crippen LogP contribution is -2.08. The third kappa shape index (κ3) is 7.56. The Balaban J connectivity index is 2.20. The molecule has 1 aromatic rings. The van der Waals surface area contributed by atoms with Crippen molar-refractivity contribution in [3.63, 3.8) is 0 Å². The van der Waals surface area contributed by atoms with Crippen LogP contribution in [0.3, 0.4) is 0 Å². The van der Waals surface area contributed by atoms with Gasteiger partial charge in [-0.2, -0.15) is 0 Å². The predicted octanol–water partition coefficient (Wildman–Crippen LogP) is 2.22. The molecule has 5 heteroatoms. The minimum atomic E-state index is -0.962. The maximum Gasteiger partial charge on any atom is 0.328 e. The van der Waals surface area contributed by atoms with Crippen LogP contribution in [0, 0.1) is 0 Å². The van der Waals surface area contributed by atoms with Crippen molar-refractivity contribution in [2.24, 2.45) is 0 Å². The Kier molecular flexibility index (Phi) is 8.10. The molecule has 0 aliphatic rings. The molecule has 20 heavy (non-hydrogen) atoms. The van der Waals surface area contributed by atoms with Crippen LogP contribution in [0.1, 0.15) is 12.0 Å². The summed E-state index contributed by atoms with van der Waals surface area (Å²) in [5.74, 6) is -0.228. The molecule has 0 aromatic heterocycles.